The molecule has 1 heterocycles. The third kappa shape index (κ3) is 3.96. The molecule has 1 N–H and O–H groups in total. The van der Waals surface area contributed by atoms with E-state index in [1.54, 1.807) is 0 Å². The molecule has 0 bridgehead atoms. The van der Waals surface area contributed by atoms with Crippen LogP contribution in [0.5, 0.6) is 5.75 Å². The van der Waals surface area contributed by atoms with Crippen molar-refractivity contribution in [2.75, 3.05) is 6.61 Å². The van der Waals surface area contributed by atoms with Crippen LogP contribution in [0.15, 0.2) is 22.7 Å². The van der Waals surface area contributed by atoms with Gasteiger partial charge in [0, 0.05) is 4.47 Å². The molecule has 0 radical (unpaired) electrons. The predicted molar refractivity (Wildman–Crippen MR) is 63.0 cm³/mol. The molecule has 1 aliphatic rings. The van der Waals surface area contributed by atoms with Gasteiger partial charge in [-0.25, -0.2) is 13.6 Å². The average molecular weight is 376 g/mol. The summed E-state index contributed by atoms with van der Waals surface area (Å²) in [6.07, 6.45) is -6.04. The van der Waals surface area contributed by atoms with Crippen molar-refractivity contribution in [3.8, 4) is 5.75 Å². The number of alkyl halides is 5. The summed E-state index contributed by atoms with van der Waals surface area (Å²) < 4.78 is 71.9. The maximum Gasteiger partial charge on any atom is 0.573 e. The first-order chi connectivity index (χ1) is 9.57. The highest BCUT2D eigenvalue weighted by Crippen LogP contribution is 2.37. The second kappa shape index (κ2) is 5.32. The number of hydrogen-bond donors (Lipinski definition) is 1. The van der Waals surface area contributed by atoms with E-state index in [0.29, 0.717) is 0 Å². The Kier molecular flexibility index (Phi) is 4.00. The van der Waals surface area contributed by atoms with Crippen LogP contribution in [-0.2, 0) is 4.74 Å². The molecular formula is C11H7BrF5NO3. The van der Waals surface area contributed by atoms with Crippen LogP contribution in [0.3, 0.4) is 0 Å². The van der Waals surface area contributed by atoms with Crippen molar-refractivity contribution in [2.24, 2.45) is 0 Å². The standard InChI is InChI=1S/C11H7BrF5NO3/c12-6-1-5(2-7(3-6)21-11(15,16)17)8-10(13,14)4-20-9(19)18-8/h1-3,8H,4H2,(H,18,19)/t8-/m1/s1. The van der Waals surface area contributed by atoms with Crippen molar-refractivity contribution in [3.63, 3.8) is 0 Å². The molecule has 1 amide bonds. The number of benzene rings is 1. The first-order valence-corrected chi connectivity index (χ1v) is 6.23. The van der Waals surface area contributed by atoms with Gasteiger partial charge in [-0.1, -0.05) is 15.9 Å². The third-order valence-corrected chi connectivity index (χ3v) is 3.00. The Morgan fingerprint density at radius 3 is 2.62 bits per heavy atom. The molecule has 1 fully saturated rings. The molecule has 0 spiro atoms. The lowest BCUT2D eigenvalue weighted by Crippen LogP contribution is -2.49. The molecule has 1 aromatic rings. The van der Waals surface area contributed by atoms with Gasteiger partial charge < -0.3 is 14.8 Å². The van der Waals surface area contributed by atoms with Gasteiger partial charge in [0.15, 0.2) is 6.61 Å². The van der Waals surface area contributed by atoms with E-state index in [2.05, 4.69) is 25.4 Å². The molecule has 10 heteroatoms. The van der Waals surface area contributed by atoms with Crippen LogP contribution in [0.25, 0.3) is 0 Å². The van der Waals surface area contributed by atoms with Gasteiger partial charge in [-0.05, 0) is 23.8 Å². The lowest BCUT2D eigenvalue weighted by atomic mass is 10.00. The van der Waals surface area contributed by atoms with E-state index < -0.39 is 36.8 Å². The van der Waals surface area contributed by atoms with E-state index in [0.717, 1.165) is 18.2 Å². The normalized spacial score (nSPS) is 21.4. The fraction of sp³-hybridized carbons (Fsp3) is 0.364. The topological polar surface area (TPSA) is 47.6 Å². The minimum atomic E-state index is -4.96. The Morgan fingerprint density at radius 2 is 2.00 bits per heavy atom. The van der Waals surface area contributed by atoms with Crippen molar-refractivity contribution in [1.82, 2.24) is 5.32 Å². The highest BCUT2D eigenvalue weighted by molar-refractivity contribution is 9.10. The minimum absolute atomic E-state index is 0.0933. The number of alkyl carbamates (subject to hydrolysis) is 1. The van der Waals surface area contributed by atoms with Crippen molar-refractivity contribution in [1.29, 1.82) is 0 Å². The summed E-state index contributed by atoms with van der Waals surface area (Å²) in [5.74, 6) is -4.15. The molecule has 1 aromatic carbocycles. The van der Waals surface area contributed by atoms with Gasteiger partial charge in [0.2, 0.25) is 0 Å². The van der Waals surface area contributed by atoms with Crippen LogP contribution >= 0.6 is 15.9 Å². The molecule has 2 rings (SSSR count). The van der Waals surface area contributed by atoms with Gasteiger partial charge in [-0.15, -0.1) is 13.2 Å². The van der Waals surface area contributed by atoms with E-state index >= 15 is 0 Å². The monoisotopic (exact) mass is 375 g/mol. The number of amides is 1. The van der Waals surface area contributed by atoms with Crippen molar-refractivity contribution >= 4 is 22.0 Å². The van der Waals surface area contributed by atoms with Gasteiger partial charge in [0.05, 0.1) is 0 Å². The number of rotatable bonds is 2. The zero-order valence-electron chi connectivity index (χ0n) is 10.0. The second-order valence-corrected chi connectivity index (χ2v) is 5.10. The minimum Gasteiger partial charge on any atom is -0.443 e. The fourth-order valence-electron chi connectivity index (χ4n) is 1.78. The number of hydrogen-bond acceptors (Lipinski definition) is 3. The molecule has 116 valence electrons. The summed E-state index contributed by atoms with van der Waals surface area (Å²) in [6.45, 7) is -1.16. The number of halogens is 6. The van der Waals surface area contributed by atoms with Crippen LogP contribution in [-0.4, -0.2) is 25.0 Å². The summed E-state index contributed by atoms with van der Waals surface area (Å²) in [4.78, 5) is 11.0. The number of ether oxygens (including phenoxy) is 2. The average Bonchev–Trinajstić information content (AvgIpc) is 2.29. The summed E-state index contributed by atoms with van der Waals surface area (Å²) in [5, 5.41) is 1.87. The van der Waals surface area contributed by atoms with Gasteiger partial charge in [0.1, 0.15) is 11.8 Å². The quantitative estimate of drug-likeness (QED) is 0.800. The predicted octanol–water partition coefficient (Wildman–Crippen LogP) is 3.76. The van der Waals surface area contributed by atoms with E-state index in [1.165, 1.54) is 0 Å². The summed E-state index contributed by atoms with van der Waals surface area (Å²) in [6, 6.07) is 1.10. The summed E-state index contributed by atoms with van der Waals surface area (Å²) in [5.41, 5.74) is -0.245. The van der Waals surface area contributed by atoms with E-state index in [4.69, 9.17) is 0 Å². The Bertz CT molecular complexity index is 563. The third-order valence-electron chi connectivity index (χ3n) is 2.54. The first kappa shape index (κ1) is 15.8. The van der Waals surface area contributed by atoms with Gasteiger partial charge in [-0.3, -0.25) is 0 Å². The smallest absolute Gasteiger partial charge is 0.443 e. The maximum absolute atomic E-state index is 13.7. The van der Waals surface area contributed by atoms with Crippen molar-refractivity contribution < 1.29 is 36.2 Å². The molecule has 0 aromatic heterocycles. The van der Waals surface area contributed by atoms with Gasteiger partial charge in [0.25, 0.3) is 0 Å². The van der Waals surface area contributed by atoms with Crippen LogP contribution in [0, 0.1) is 0 Å². The Morgan fingerprint density at radius 1 is 1.33 bits per heavy atom. The fourth-order valence-corrected chi connectivity index (χ4v) is 2.27. The number of carbonyl (C=O) groups is 1. The zero-order chi connectivity index (χ0) is 15.8. The summed E-state index contributed by atoms with van der Waals surface area (Å²) in [7, 11) is 0. The molecule has 1 atom stereocenters. The lowest BCUT2D eigenvalue weighted by Gasteiger charge is -2.32. The highest BCUT2D eigenvalue weighted by atomic mass is 79.9. The second-order valence-electron chi connectivity index (χ2n) is 4.18. The van der Waals surface area contributed by atoms with Crippen LogP contribution < -0.4 is 10.1 Å². The molecule has 1 aliphatic heterocycles. The largest absolute Gasteiger partial charge is 0.573 e. The van der Waals surface area contributed by atoms with E-state index in [-0.39, 0.29) is 10.0 Å². The van der Waals surface area contributed by atoms with Crippen molar-refractivity contribution in [3.05, 3.63) is 28.2 Å². The molecular weight excluding hydrogens is 369 g/mol. The van der Waals surface area contributed by atoms with Gasteiger partial charge in [-0.2, -0.15) is 0 Å². The highest BCUT2D eigenvalue weighted by Gasteiger charge is 2.47. The molecule has 21 heavy (non-hydrogen) atoms. The SMILES string of the molecule is O=C1N[C@H](c2cc(Br)cc(OC(F)(F)F)c2)C(F)(F)CO1. The summed E-state index contributed by atoms with van der Waals surface area (Å²) >= 11 is 2.90. The lowest BCUT2D eigenvalue weighted by molar-refractivity contribution is -0.274. The first-order valence-electron chi connectivity index (χ1n) is 5.44. The Labute approximate surface area is 123 Å². The molecule has 0 unspecified atom stereocenters. The number of nitrogens with one attached hydrogen (secondary N) is 1. The van der Waals surface area contributed by atoms with Crippen molar-refractivity contribution in [2.45, 2.75) is 18.3 Å². The molecule has 1 saturated heterocycles. The number of cyclic esters (lactones) is 1. The van der Waals surface area contributed by atoms with E-state index in [9.17, 15) is 26.7 Å². The molecule has 0 aliphatic carbocycles. The zero-order valence-corrected chi connectivity index (χ0v) is 11.6. The molecule has 0 saturated carbocycles. The van der Waals surface area contributed by atoms with Gasteiger partial charge >= 0.3 is 18.4 Å². The van der Waals surface area contributed by atoms with Crippen LogP contribution in [0.2, 0.25) is 0 Å². The number of carbonyl (C=O) groups excluding carboxylic acids is 1. The van der Waals surface area contributed by atoms with Crippen LogP contribution in [0.1, 0.15) is 11.6 Å². The van der Waals surface area contributed by atoms with E-state index in [1.807, 2.05) is 5.32 Å². The Balaban J connectivity index is 2.36. The maximum atomic E-state index is 13.7. The Hall–Kier alpha value is -1.58. The molecule has 4 nitrogen and oxygen atoms in total. The van der Waals surface area contributed by atoms with Crippen LogP contribution in [0.4, 0.5) is 26.7 Å².